The van der Waals surface area contributed by atoms with E-state index in [0.717, 1.165) is 19.3 Å². The quantitative estimate of drug-likeness (QED) is 0.624. The number of pyridine rings is 1. The molecule has 0 saturated carbocycles. The topological polar surface area (TPSA) is 59.5 Å². The molecule has 0 aromatic carbocycles. The van der Waals surface area contributed by atoms with E-state index >= 15 is 0 Å². The van der Waals surface area contributed by atoms with E-state index in [2.05, 4.69) is 20.9 Å². The lowest BCUT2D eigenvalue weighted by Crippen LogP contribution is -2.53. The summed E-state index contributed by atoms with van der Waals surface area (Å²) in [5, 5.41) is 0. The largest absolute Gasteiger partial charge is 0.467 e. The number of carbonyl (C=O) groups excluding carboxylic acids is 2. The highest BCUT2D eigenvalue weighted by atomic mass is 79.9. The smallest absolute Gasteiger partial charge is 0.328 e. The van der Waals surface area contributed by atoms with Gasteiger partial charge in [-0.3, -0.25) is 9.78 Å². The van der Waals surface area contributed by atoms with Crippen LogP contribution in [0.4, 0.5) is 5.69 Å². The lowest BCUT2D eigenvalue weighted by molar-refractivity contribution is -0.143. The van der Waals surface area contributed by atoms with Crippen LogP contribution in [0.15, 0.2) is 16.9 Å². The first-order valence-electron chi connectivity index (χ1n) is 5.12. The molecule has 1 atom stereocenters. The number of anilines is 1. The number of hydrogen-bond donors (Lipinski definition) is 0. The van der Waals surface area contributed by atoms with Crippen molar-refractivity contribution in [2.45, 2.75) is 12.5 Å². The third-order valence-electron chi connectivity index (χ3n) is 2.84. The Morgan fingerprint density at radius 3 is 2.94 bits per heavy atom. The van der Waals surface area contributed by atoms with Crippen molar-refractivity contribution in [1.82, 2.24) is 4.98 Å². The summed E-state index contributed by atoms with van der Waals surface area (Å²) in [7, 11) is 1.36. The number of aromatic nitrogens is 1. The summed E-state index contributed by atoms with van der Waals surface area (Å²) < 4.78 is 5.33. The Hall–Kier alpha value is -1.43. The van der Waals surface area contributed by atoms with Crippen LogP contribution >= 0.6 is 15.9 Å². The van der Waals surface area contributed by atoms with Gasteiger partial charge in [0.05, 0.1) is 24.6 Å². The maximum Gasteiger partial charge on any atom is 0.328 e. The molecule has 1 aliphatic heterocycles. The minimum atomic E-state index is -0.310. The van der Waals surface area contributed by atoms with E-state index in [0.29, 0.717) is 15.7 Å². The summed E-state index contributed by atoms with van der Waals surface area (Å²) in [6, 6.07) is -0.310. The molecule has 6 heteroatoms. The highest BCUT2D eigenvalue weighted by molar-refractivity contribution is 9.10. The summed E-state index contributed by atoms with van der Waals surface area (Å²) >= 11 is 3.27. The van der Waals surface area contributed by atoms with Gasteiger partial charge in [0.25, 0.3) is 0 Å². The maximum absolute atomic E-state index is 11.5. The lowest BCUT2D eigenvalue weighted by Gasteiger charge is -2.41. The summed E-state index contributed by atoms with van der Waals surface area (Å²) in [4.78, 5) is 28.4. The Morgan fingerprint density at radius 2 is 2.41 bits per heavy atom. The number of methoxy groups -OCH3 is 1. The van der Waals surface area contributed by atoms with E-state index in [4.69, 9.17) is 4.74 Å². The Bertz CT molecular complexity index is 464. The minimum absolute atomic E-state index is 0.284. The molecule has 1 unspecified atom stereocenters. The molecule has 1 fully saturated rings. The summed E-state index contributed by atoms with van der Waals surface area (Å²) in [5.41, 5.74) is 1.17. The highest BCUT2D eigenvalue weighted by Gasteiger charge is 2.36. The van der Waals surface area contributed by atoms with Crippen LogP contribution in [0.3, 0.4) is 0 Å². The summed E-state index contributed by atoms with van der Waals surface area (Å²) in [6.45, 7) is 0.721. The Morgan fingerprint density at radius 1 is 1.65 bits per heavy atom. The molecule has 0 spiro atoms. The second-order valence-electron chi connectivity index (χ2n) is 3.69. The van der Waals surface area contributed by atoms with Gasteiger partial charge in [-0.1, -0.05) is 0 Å². The number of nitrogens with zero attached hydrogens (tertiary/aromatic N) is 2. The van der Waals surface area contributed by atoms with Crippen molar-refractivity contribution < 1.29 is 14.3 Å². The molecule has 2 rings (SSSR count). The molecule has 5 nitrogen and oxygen atoms in total. The van der Waals surface area contributed by atoms with Crippen LogP contribution in [-0.2, 0) is 9.53 Å². The molecule has 0 aliphatic carbocycles. The zero-order valence-corrected chi connectivity index (χ0v) is 10.8. The van der Waals surface area contributed by atoms with Crippen molar-refractivity contribution in [3.05, 3.63) is 22.4 Å². The van der Waals surface area contributed by atoms with Gasteiger partial charge in [0.2, 0.25) is 0 Å². The van der Waals surface area contributed by atoms with Crippen molar-refractivity contribution in [2.24, 2.45) is 0 Å². The number of carbonyl (C=O) groups is 2. The average Bonchev–Trinajstić information content (AvgIpc) is 2.28. The fraction of sp³-hybridized carbons (Fsp3) is 0.364. The monoisotopic (exact) mass is 298 g/mol. The predicted molar refractivity (Wildman–Crippen MR) is 65.1 cm³/mol. The van der Waals surface area contributed by atoms with Crippen LogP contribution < -0.4 is 4.90 Å². The number of halogens is 1. The minimum Gasteiger partial charge on any atom is -0.467 e. The van der Waals surface area contributed by atoms with Gasteiger partial charge in [-0.2, -0.15) is 0 Å². The van der Waals surface area contributed by atoms with Gasteiger partial charge >= 0.3 is 5.97 Å². The van der Waals surface area contributed by atoms with E-state index in [1.807, 2.05) is 4.90 Å². The molecule has 2 heterocycles. The Kier molecular flexibility index (Phi) is 3.42. The number of hydrogen-bond acceptors (Lipinski definition) is 5. The number of ether oxygens (including phenoxy) is 1. The van der Waals surface area contributed by atoms with Crippen LogP contribution in [-0.4, -0.2) is 36.9 Å². The molecule has 1 aliphatic rings. The zero-order valence-electron chi connectivity index (χ0n) is 9.22. The molecule has 17 heavy (non-hydrogen) atoms. The van der Waals surface area contributed by atoms with Gasteiger partial charge in [0, 0.05) is 17.2 Å². The molecule has 90 valence electrons. The summed E-state index contributed by atoms with van der Waals surface area (Å²) in [6.07, 6.45) is 4.63. The molecule has 0 amide bonds. The molecule has 0 N–H and O–H groups in total. The second-order valence-corrected chi connectivity index (χ2v) is 4.55. The van der Waals surface area contributed by atoms with Crippen LogP contribution in [0.1, 0.15) is 16.8 Å². The van der Waals surface area contributed by atoms with Gasteiger partial charge in [-0.25, -0.2) is 4.79 Å². The summed E-state index contributed by atoms with van der Waals surface area (Å²) in [5.74, 6) is -0.284. The number of aldehydes is 1. The van der Waals surface area contributed by atoms with E-state index in [1.165, 1.54) is 7.11 Å². The fourth-order valence-corrected chi connectivity index (χ4v) is 2.25. The predicted octanol–water partition coefficient (Wildman–Crippen LogP) is 1.41. The van der Waals surface area contributed by atoms with E-state index in [1.54, 1.807) is 12.4 Å². The van der Waals surface area contributed by atoms with Crippen LogP contribution in [0.25, 0.3) is 0 Å². The van der Waals surface area contributed by atoms with Crippen LogP contribution in [0.2, 0.25) is 0 Å². The average molecular weight is 299 g/mol. The van der Waals surface area contributed by atoms with Gasteiger partial charge in [-0.15, -0.1) is 0 Å². The third-order valence-corrected chi connectivity index (χ3v) is 3.47. The van der Waals surface area contributed by atoms with E-state index in [-0.39, 0.29) is 12.0 Å². The highest BCUT2D eigenvalue weighted by Crippen LogP contribution is 2.32. The van der Waals surface area contributed by atoms with Crippen molar-refractivity contribution >= 4 is 33.9 Å². The molecule has 1 aromatic rings. The molecular weight excluding hydrogens is 288 g/mol. The van der Waals surface area contributed by atoms with Crippen molar-refractivity contribution in [1.29, 1.82) is 0 Å². The van der Waals surface area contributed by atoms with E-state index in [9.17, 15) is 9.59 Å². The molecule has 0 radical (unpaired) electrons. The third kappa shape index (κ3) is 2.04. The van der Waals surface area contributed by atoms with Gasteiger partial charge in [0.15, 0.2) is 6.29 Å². The Balaban J connectivity index is 2.32. The second kappa shape index (κ2) is 4.83. The van der Waals surface area contributed by atoms with Gasteiger partial charge < -0.3 is 9.64 Å². The molecule has 1 saturated heterocycles. The maximum atomic E-state index is 11.5. The first-order chi connectivity index (χ1) is 8.19. The first-order valence-corrected chi connectivity index (χ1v) is 5.91. The van der Waals surface area contributed by atoms with Crippen molar-refractivity contribution in [3.8, 4) is 0 Å². The van der Waals surface area contributed by atoms with E-state index < -0.39 is 0 Å². The first kappa shape index (κ1) is 12.0. The molecular formula is C11H11BrN2O3. The molecule has 0 bridgehead atoms. The van der Waals surface area contributed by atoms with Crippen molar-refractivity contribution in [2.75, 3.05) is 18.6 Å². The normalized spacial score (nSPS) is 18.5. The van der Waals surface area contributed by atoms with Gasteiger partial charge in [-0.05, 0) is 22.4 Å². The molecule has 1 aromatic heterocycles. The van der Waals surface area contributed by atoms with Gasteiger partial charge in [0.1, 0.15) is 6.04 Å². The standard InChI is InChI=1S/C11H11BrN2O3/c1-17-11(16)9-2-3-14(9)10-5-13-4-8(12)7(10)6-15/h4-6,9H,2-3H2,1H3. The van der Waals surface area contributed by atoms with Crippen molar-refractivity contribution in [3.63, 3.8) is 0 Å². The Labute approximate surface area is 107 Å². The lowest BCUT2D eigenvalue weighted by atomic mass is 10.0. The number of rotatable bonds is 3. The number of esters is 1. The fourth-order valence-electron chi connectivity index (χ4n) is 1.84. The van der Waals surface area contributed by atoms with Crippen LogP contribution in [0.5, 0.6) is 0 Å². The zero-order chi connectivity index (χ0) is 12.4. The SMILES string of the molecule is COC(=O)C1CCN1c1cncc(Br)c1C=O. The van der Waals surface area contributed by atoms with Crippen LogP contribution in [0, 0.1) is 0 Å².